The molecule has 106 valence electrons. The lowest BCUT2D eigenvalue weighted by atomic mass is 10.1. The number of hydrogen-bond acceptors (Lipinski definition) is 3. The Morgan fingerprint density at radius 1 is 1.15 bits per heavy atom. The first-order valence-electron chi connectivity index (χ1n) is 5.50. The number of ether oxygens (including phenoxy) is 1. The zero-order valence-corrected chi connectivity index (χ0v) is 10.3. The lowest BCUT2D eigenvalue weighted by Gasteiger charge is -2.12. The zero-order valence-electron chi connectivity index (χ0n) is 10.3. The van der Waals surface area contributed by atoms with Crippen molar-refractivity contribution >= 4 is 5.82 Å². The van der Waals surface area contributed by atoms with E-state index < -0.39 is 17.6 Å². The van der Waals surface area contributed by atoms with Crippen LogP contribution in [0.1, 0.15) is 5.56 Å². The normalized spacial score (nSPS) is 11.4. The van der Waals surface area contributed by atoms with Crippen molar-refractivity contribution < 1.29 is 22.3 Å². The molecule has 0 saturated carbocycles. The second-order valence-corrected chi connectivity index (χ2v) is 4.01. The largest absolute Gasteiger partial charge is 0.496 e. The Hall–Kier alpha value is -2.31. The van der Waals surface area contributed by atoms with Gasteiger partial charge in [0.25, 0.3) is 0 Å². The maximum atomic E-state index is 13.3. The van der Waals surface area contributed by atoms with Crippen molar-refractivity contribution in [3.05, 3.63) is 41.7 Å². The van der Waals surface area contributed by atoms with Gasteiger partial charge in [-0.3, -0.25) is 0 Å². The highest BCUT2D eigenvalue weighted by Crippen LogP contribution is 2.35. The number of nitrogen functional groups attached to an aromatic ring is 1. The Balaban J connectivity index is 2.64. The molecule has 0 aliphatic rings. The van der Waals surface area contributed by atoms with Gasteiger partial charge in [-0.2, -0.15) is 13.2 Å². The van der Waals surface area contributed by atoms with Crippen LogP contribution in [0.5, 0.6) is 5.75 Å². The third kappa shape index (κ3) is 2.81. The fourth-order valence-electron chi connectivity index (χ4n) is 1.73. The minimum Gasteiger partial charge on any atom is -0.496 e. The van der Waals surface area contributed by atoms with Crippen LogP contribution in [0.3, 0.4) is 0 Å². The SMILES string of the molecule is COc1ccc(F)cc1-c1cc(C(F)(F)F)cc(N)n1. The summed E-state index contributed by atoms with van der Waals surface area (Å²) in [5.41, 5.74) is 4.42. The highest BCUT2D eigenvalue weighted by molar-refractivity contribution is 5.69. The summed E-state index contributed by atoms with van der Waals surface area (Å²) in [6.45, 7) is 0. The Morgan fingerprint density at radius 3 is 2.45 bits per heavy atom. The number of alkyl halides is 3. The van der Waals surface area contributed by atoms with Gasteiger partial charge in [0.05, 0.1) is 18.4 Å². The predicted molar refractivity (Wildman–Crippen MR) is 65.6 cm³/mol. The summed E-state index contributed by atoms with van der Waals surface area (Å²) in [7, 11) is 1.33. The van der Waals surface area contributed by atoms with Gasteiger partial charge < -0.3 is 10.5 Å². The molecule has 2 rings (SSSR count). The molecule has 20 heavy (non-hydrogen) atoms. The number of nitrogens with two attached hydrogens (primary N) is 1. The first kappa shape index (κ1) is 14.1. The molecule has 0 saturated heterocycles. The lowest BCUT2D eigenvalue weighted by Crippen LogP contribution is -2.07. The van der Waals surface area contributed by atoms with E-state index in [4.69, 9.17) is 10.5 Å². The monoisotopic (exact) mass is 286 g/mol. The van der Waals surface area contributed by atoms with Gasteiger partial charge in [0.15, 0.2) is 0 Å². The lowest BCUT2D eigenvalue weighted by molar-refractivity contribution is -0.137. The van der Waals surface area contributed by atoms with Gasteiger partial charge in [-0.05, 0) is 30.3 Å². The van der Waals surface area contributed by atoms with E-state index in [2.05, 4.69) is 4.98 Å². The minimum absolute atomic E-state index is 0.102. The first-order chi connectivity index (χ1) is 9.31. The van der Waals surface area contributed by atoms with Crippen LogP contribution in [0.25, 0.3) is 11.3 Å². The summed E-state index contributed by atoms with van der Waals surface area (Å²) in [6, 6.07) is 5.01. The molecule has 0 aliphatic carbocycles. The van der Waals surface area contributed by atoms with Crippen LogP contribution in [0.2, 0.25) is 0 Å². The molecule has 3 nitrogen and oxygen atoms in total. The number of methoxy groups -OCH3 is 1. The van der Waals surface area contributed by atoms with Crippen LogP contribution >= 0.6 is 0 Å². The van der Waals surface area contributed by atoms with Crippen molar-refractivity contribution in [2.24, 2.45) is 0 Å². The predicted octanol–water partition coefficient (Wildman–Crippen LogP) is 3.50. The van der Waals surface area contributed by atoms with Crippen molar-refractivity contribution in [1.82, 2.24) is 4.98 Å². The van der Waals surface area contributed by atoms with Crippen molar-refractivity contribution in [2.75, 3.05) is 12.8 Å². The molecule has 7 heteroatoms. The van der Waals surface area contributed by atoms with Crippen molar-refractivity contribution in [1.29, 1.82) is 0 Å². The van der Waals surface area contributed by atoms with Gasteiger partial charge in [-0.15, -0.1) is 0 Å². The molecule has 0 bridgehead atoms. The zero-order chi connectivity index (χ0) is 14.9. The van der Waals surface area contributed by atoms with Crippen molar-refractivity contribution in [2.45, 2.75) is 6.18 Å². The summed E-state index contributed by atoms with van der Waals surface area (Å²) in [6.07, 6.45) is -4.56. The molecule has 0 fully saturated rings. The van der Waals surface area contributed by atoms with Gasteiger partial charge in [0.1, 0.15) is 17.4 Å². The van der Waals surface area contributed by atoms with E-state index in [9.17, 15) is 17.6 Å². The minimum atomic E-state index is -4.56. The van der Waals surface area contributed by atoms with Crippen molar-refractivity contribution in [3.8, 4) is 17.0 Å². The average Bonchev–Trinajstić information content (AvgIpc) is 2.37. The third-order valence-corrected chi connectivity index (χ3v) is 2.61. The number of hydrogen-bond donors (Lipinski definition) is 1. The molecule has 2 N–H and O–H groups in total. The first-order valence-corrected chi connectivity index (χ1v) is 5.50. The highest BCUT2D eigenvalue weighted by atomic mass is 19.4. The van der Waals surface area contributed by atoms with E-state index in [0.29, 0.717) is 0 Å². The fourth-order valence-corrected chi connectivity index (χ4v) is 1.73. The highest BCUT2D eigenvalue weighted by Gasteiger charge is 2.31. The maximum absolute atomic E-state index is 13.3. The number of rotatable bonds is 2. The molecule has 2 aromatic rings. The Labute approximate surface area is 112 Å². The van der Waals surface area contributed by atoms with Gasteiger partial charge in [-0.25, -0.2) is 9.37 Å². The van der Waals surface area contributed by atoms with Gasteiger partial charge in [-0.1, -0.05) is 0 Å². The number of pyridine rings is 1. The summed E-state index contributed by atoms with van der Waals surface area (Å²) in [5, 5.41) is 0. The Morgan fingerprint density at radius 2 is 1.85 bits per heavy atom. The molecule has 0 atom stereocenters. The number of anilines is 1. The molecule has 1 heterocycles. The van der Waals surface area contributed by atoms with E-state index >= 15 is 0 Å². The topological polar surface area (TPSA) is 48.1 Å². The second-order valence-electron chi connectivity index (χ2n) is 4.01. The average molecular weight is 286 g/mol. The number of halogens is 4. The molecule has 0 amide bonds. The molecular weight excluding hydrogens is 276 g/mol. The molecular formula is C13H10F4N2O. The molecule has 0 spiro atoms. The van der Waals surface area contributed by atoms with Crippen LogP contribution in [-0.2, 0) is 6.18 Å². The van der Waals surface area contributed by atoms with E-state index in [1.165, 1.54) is 13.2 Å². The Bertz CT molecular complexity index is 641. The second kappa shape index (κ2) is 4.99. The number of nitrogens with zero attached hydrogens (tertiary/aromatic N) is 1. The van der Waals surface area contributed by atoms with Crippen LogP contribution in [0.15, 0.2) is 30.3 Å². The number of aromatic nitrogens is 1. The van der Waals surface area contributed by atoms with Gasteiger partial charge >= 0.3 is 6.18 Å². The van der Waals surface area contributed by atoms with E-state index in [1.807, 2.05) is 0 Å². The van der Waals surface area contributed by atoms with E-state index in [-0.39, 0.29) is 22.8 Å². The molecule has 1 aromatic heterocycles. The molecule has 0 radical (unpaired) electrons. The van der Waals surface area contributed by atoms with Crippen LogP contribution in [-0.4, -0.2) is 12.1 Å². The van der Waals surface area contributed by atoms with E-state index in [0.717, 1.165) is 24.3 Å². The number of benzene rings is 1. The summed E-state index contributed by atoms with van der Waals surface area (Å²) in [5.74, 6) is -0.711. The Kier molecular flexibility index (Phi) is 3.52. The van der Waals surface area contributed by atoms with Gasteiger partial charge in [0.2, 0.25) is 0 Å². The van der Waals surface area contributed by atoms with Crippen molar-refractivity contribution in [3.63, 3.8) is 0 Å². The summed E-state index contributed by atoms with van der Waals surface area (Å²) >= 11 is 0. The third-order valence-electron chi connectivity index (χ3n) is 2.61. The molecule has 0 aliphatic heterocycles. The fraction of sp³-hybridized carbons (Fsp3) is 0.154. The van der Waals surface area contributed by atoms with E-state index in [1.54, 1.807) is 0 Å². The van der Waals surface area contributed by atoms with Crippen LogP contribution < -0.4 is 10.5 Å². The summed E-state index contributed by atoms with van der Waals surface area (Å²) in [4.78, 5) is 3.80. The standard InChI is InChI=1S/C13H10F4N2O/c1-20-11-3-2-8(14)6-9(11)10-4-7(13(15,16)17)5-12(18)19-10/h2-6H,1H3,(H2,18,19). The molecule has 0 unspecified atom stereocenters. The maximum Gasteiger partial charge on any atom is 0.416 e. The summed E-state index contributed by atoms with van der Waals surface area (Å²) < 4.78 is 56.5. The van der Waals surface area contributed by atoms with Crippen LogP contribution in [0.4, 0.5) is 23.4 Å². The quantitative estimate of drug-likeness (QED) is 0.860. The molecule has 1 aromatic carbocycles. The van der Waals surface area contributed by atoms with Crippen LogP contribution in [0, 0.1) is 5.82 Å². The smallest absolute Gasteiger partial charge is 0.416 e. The van der Waals surface area contributed by atoms with Gasteiger partial charge in [0, 0.05) is 5.56 Å².